The van der Waals surface area contributed by atoms with E-state index in [1.807, 2.05) is 25.2 Å². The molecular formula is C13H19NS. The van der Waals surface area contributed by atoms with Crippen LogP contribution in [-0.4, -0.2) is 12.0 Å². The third-order valence-corrected chi connectivity index (χ3v) is 3.29. The molecule has 2 heteroatoms. The monoisotopic (exact) mass is 221 g/mol. The van der Waals surface area contributed by atoms with Crippen molar-refractivity contribution in [2.24, 2.45) is 5.92 Å². The van der Waals surface area contributed by atoms with E-state index in [4.69, 9.17) is 12.2 Å². The average molecular weight is 221 g/mol. The number of anilines is 1. The molecule has 1 rings (SSSR count). The van der Waals surface area contributed by atoms with Crippen molar-refractivity contribution in [2.45, 2.75) is 26.7 Å². The van der Waals surface area contributed by atoms with Crippen molar-refractivity contribution in [3.8, 4) is 0 Å². The molecule has 1 atom stereocenters. The molecule has 1 aromatic carbocycles. The molecule has 0 saturated heterocycles. The van der Waals surface area contributed by atoms with Crippen LogP contribution in [0.3, 0.4) is 0 Å². The minimum Gasteiger partial charge on any atom is -0.339 e. The van der Waals surface area contributed by atoms with Gasteiger partial charge in [-0.3, -0.25) is 0 Å². The maximum absolute atomic E-state index is 5.47. The highest BCUT2D eigenvalue weighted by Gasteiger charge is 2.13. The van der Waals surface area contributed by atoms with Gasteiger partial charge < -0.3 is 4.90 Å². The van der Waals surface area contributed by atoms with E-state index in [9.17, 15) is 0 Å². The zero-order chi connectivity index (χ0) is 11.3. The Bertz CT molecular complexity index is 308. The summed E-state index contributed by atoms with van der Waals surface area (Å²) in [6.07, 6.45) is 2.35. The lowest BCUT2D eigenvalue weighted by Gasteiger charge is -2.24. The molecule has 0 radical (unpaired) electrons. The molecule has 1 aromatic rings. The fourth-order valence-electron chi connectivity index (χ4n) is 1.67. The quantitative estimate of drug-likeness (QED) is 0.710. The van der Waals surface area contributed by atoms with E-state index in [0.29, 0.717) is 5.92 Å². The Morgan fingerprint density at radius 3 is 2.47 bits per heavy atom. The van der Waals surface area contributed by atoms with Crippen molar-refractivity contribution < 1.29 is 0 Å². The van der Waals surface area contributed by atoms with Gasteiger partial charge in [0.25, 0.3) is 0 Å². The molecule has 0 aromatic heterocycles. The zero-order valence-electron chi connectivity index (χ0n) is 9.73. The zero-order valence-corrected chi connectivity index (χ0v) is 10.6. The van der Waals surface area contributed by atoms with Crippen molar-refractivity contribution >= 4 is 22.9 Å². The number of para-hydroxylation sites is 1. The van der Waals surface area contributed by atoms with Gasteiger partial charge in [-0.15, -0.1) is 0 Å². The van der Waals surface area contributed by atoms with Crippen LogP contribution in [0.2, 0.25) is 0 Å². The van der Waals surface area contributed by atoms with E-state index in [0.717, 1.165) is 11.4 Å². The van der Waals surface area contributed by atoms with Gasteiger partial charge in [0.05, 0.1) is 4.99 Å². The van der Waals surface area contributed by atoms with E-state index in [1.165, 1.54) is 12.1 Å². The lowest BCUT2D eigenvalue weighted by atomic mass is 10.1. The largest absolute Gasteiger partial charge is 0.339 e. The number of benzene rings is 1. The molecule has 1 unspecified atom stereocenters. The second-order valence-electron chi connectivity index (χ2n) is 3.92. The first-order chi connectivity index (χ1) is 7.16. The molecule has 0 heterocycles. The summed E-state index contributed by atoms with van der Waals surface area (Å²) in [5.41, 5.74) is 1.17. The SMILES string of the molecule is CCCC(C)C(=S)N(C)c1ccccc1. The minimum absolute atomic E-state index is 0.482. The molecular weight excluding hydrogens is 202 g/mol. The average Bonchev–Trinajstić information content (AvgIpc) is 2.28. The summed E-state index contributed by atoms with van der Waals surface area (Å²) in [7, 11) is 2.05. The van der Waals surface area contributed by atoms with Crippen LogP contribution in [0.5, 0.6) is 0 Å². The molecule has 15 heavy (non-hydrogen) atoms. The van der Waals surface area contributed by atoms with E-state index in [1.54, 1.807) is 0 Å². The lowest BCUT2D eigenvalue weighted by Crippen LogP contribution is -2.29. The molecule has 0 fully saturated rings. The van der Waals surface area contributed by atoms with E-state index in [2.05, 4.69) is 30.9 Å². The van der Waals surface area contributed by atoms with Crippen molar-refractivity contribution in [3.05, 3.63) is 30.3 Å². The second kappa shape index (κ2) is 5.86. The Balaban J connectivity index is 2.69. The van der Waals surface area contributed by atoms with Gasteiger partial charge >= 0.3 is 0 Å². The van der Waals surface area contributed by atoms with Crippen LogP contribution >= 0.6 is 12.2 Å². The fraction of sp³-hybridized carbons (Fsp3) is 0.462. The maximum Gasteiger partial charge on any atom is 0.0849 e. The van der Waals surface area contributed by atoms with Gasteiger partial charge in [0, 0.05) is 18.7 Å². The normalized spacial score (nSPS) is 12.2. The highest BCUT2D eigenvalue weighted by molar-refractivity contribution is 7.80. The van der Waals surface area contributed by atoms with Gasteiger partial charge in [0.2, 0.25) is 0 Å². The summed E-state index contributed by atoms with van der Waals surface area (Å²) in [4.78, 5) is 3.14. The second-order valence-corrected chi connectivity index (χ2v) is 4.34. The molecule has 0 spiro atoms. The molecule has 0 aliphatic heterocycles. The van der Waals surface area contributed by atoms with Gasteiger partial charge in [-0.2, -0.15) is 0 Å². The number of hydrogen-bond donors (Lipinski definition) is 0. The predicted molar refractivity (Wildman–Crippen MR) is 71.5 cm³/mol. The third-order valence-electron chi connectivity index (χ3n) is 2.62. The van der Waals surface area contributed by atoms with Gasteiger partial charge in [-0.25, -0.2) is 0 Å². The molecule has 0 N–H and O–H groups in total. The van der Waals surface area contributed by atoms with Crippen LogP contribution in [0.25, 0.3) is 0 Å². The molecule has 0 amide bonds. The minimum atomic E-state index is 0.482. The van der Waals surface area contributed by atoms with Gasteiger partial charge in [-0.05, 0) is 18.6 Å². The van der Waals surface area contributed by atoms with Crippen molar-refractivity contribution in [2.75, 3.05) is 11.9 Å². The van der Waals surface area contributed by atoms with Crippen molar-refractivity contribution in [1.29, 1.82) is 0 Å². The lowest BCUT2D eigenvalue weighted by molar-refractivity contribution is 0.666. The van der Waals surface area contributed by atoms with E-state index >= 15 is 0 Å². The molecule has 0 aliphatic carbocycles. The Morgan fingerprint density at radius 1 is 1.33 bits per heavy atom. The molecule has 0 saturated carbocycles. The summed E-state index contributed by atoms with van der Waals surface area (Å²) in [6.45, 7) is 4.40. The number of hydrogen-bond acceptors (Lipinski definition) is 1. The van der Waals surface area contributed by atoms with E-state index in [-0.39, 0.29) is 0 Å². The van der Waals surface area contributed by atoms with Crippen LogP contribution in [0.4, 0.5) is 5.69 Å². The van der Waals surface area contributed by atoms with Gasteiger partial charge in [0.1, 0.15) is 0 Å². The van der Waals surface area contributed by atoms with Gasteiger partial charge in [-0.1, -0.05) is 50.7 Å². The third kappa shape index (κ3) is 3.31. The van der Waals surface area contributed by atoms with Crippen LogP contribution in [0.15, 0.2) is 30.3 Å². The number of thiocarbonyl (C=S) groups is 1. The number of nitrogens with zero attached hydrogens (tertiary/aromatic N) is 1. The Hall–Kier alpha value is -0.890. The van der Waals surface area contributed by atoms with E-state index < -0.39 is 0 Å². The predicted octanol–water partition coefficient (Wildman–Crippen LogP) is 3.89. The van der Waals surface area contributed by atoms with Gasteiger partial charge in [0.15, 0.2) is 0 Å². The first-order valence-corrected chi connectivity index (χ1v) is 5.90. The first kappa shape index (κ1) is 12.2. The summed E-state index contributed by atoms with van der Waals surface area (Å²) in [5.74, 6) is 0.482. The Morgan fingerprint density at radius 2 is 1.93 bits per heavy atom. The molecule has 0 bridgehead atoms. The summed E-state index contributed by atoms with van der Waals surface area (Å²) in [5, 5.41) is 0. The Kier molecular flexibility index (Phi) is 4.76. The highest BCUT2D eigenvalue weighted by atomic mass is 32.1. The summed E-state index contributed by atoms with van der Waals surface area (Å²) >= 11 is 5.47. The molecule has 82 valence electrons. The van der Waals surface area contributed by atoms with Crippen molar-refractivity contribution in [1.82, 2.24) is 0 Å². The number of rotatable bonds is 4. The standard InChI is InChI=1S/C13H19NS/c1-4-8-11(2)13(15)14(3)12-9-6-5-7-10-12/h5-7,9-11H,4,8H2,1-3H3. The van der Waals surface area contributed by atoms with Crippen LogP contribution in [0.1, 0.15) is 26.7 Å². The summed E-state index contributed by atoms with van der Waals surface area (Å²) in [6, 6.07) is 10.3. The Labute approximate surface area is 98.1 Å². The van der Waals surface area contributed by atoms with Crippen molar-refractivity contribution in [3.63, 3.8) is 0 Å². The molecule has 0 aliphatic rings. The maximum atomic E-state index is 5.47. The topological polar surface area (TPSA) is 3.24 Å². The van der Waals surface area contributed by atoms with Crippen LogP contribution in [0, 0.1) is 5.92 Å². The molecule has 1 nitrogen and oxygen atoms in total. The first-order valence-electron chi connectivity index (χ1n) is 5.49. The van der Waals surface area contributed by atoms with Crippen LogP contribution < -0.4 is 4.90 Å². The summed E-state index contributed by atoms with van der Waals surface area (Å²) < 4.78 is 0. The van der Waals surface area contributed by atoms with Crippen LogP contribution in [-0.2, 0) is 0 Å². The smallest absolute Gasteiger partial charge is 0.0849 e. The fourth-order valence-corrected chi connectivity index (χ4v) is 1.89. The highest BCUT2D eigenvalue weighted by Crippen LogP contribution is 2.17.